The summed E-state index contributed by atoms with van der Waals surface area (Å²) in [6, 6.07) is 15.0. The number of hydrogen-bond acceptors (Lipinski definition) is 5. The molecule has 3 rings (SSSR count). The molecule has 3 aromatic rings. The van der Waals surface area contributed by atoms with Gasteiger partial charge < -0.3 is 4.74 Å². The van der Waals surface area contributed by atoms with E-state index in [1.807, 2.05) is 55.6 Å². The molecule has 0 saturated heterocycles. The van der Waals surface area contributed by atoms with E-state index in [0.717, 1.165) is 16.8 Å². The molecule has 1 N–H and O–H groups in total. The van der Waals surface area contributed by atoms with E-state index in [2.05, 4.69) is 10.3 Å². The smallest absolute Gasteiger partial charge is 0.338 e. The molecule has 0 spiro atoms. The van der Waals surface area contributed by atoms with Gasteiger partial charge in [0.25, 0.3) is 5.91 Å². The van der Waals surface area contributed by atoms with E-state index in [1.54, 1.807) is 12.1 Å². The van der Waals surface area contributed by atoms with Gasteiger partial charge in [0.15, 0.2) is 11.7 Å². The molecule has 0 unspecified atom stereocenters. The third-order valence-electron chi connectivity index (χ3n) is 3.72. The standard InChI is InChI=1S/C20H18N2O3S/c1-13-3-7-15(8-4-13)17-12-26-20(21-17)22-18(23)11-25-19(24)16-9-5-14(2)6-10-16/h3-10,12H,11H2,1-2H3,(H,21,22,23). The maximum absolute atomic E-state index is 12.0. The lowest BCUT2D eigenvalue weighted by atomic mass is 10.1. The molecule has 0 atom stereocenters. The predicted octanol–water partition coefficient (Wildman–Crippen LogP) is 4.22. The molecule has 0 saturated carbocycles. The number of rotatable bonds is 5. The van der Waals surface area contributed by atoms with Crippen LogP contribution < -0.4 is 5.32 Å². The van der Waals surface area contributed by atoms with Crippen LogP contribution in [0.2, 0.25) is 0 Å². The molecular weight excluding hydrogens is 348 g/mol. The van der Waals surface area contributed by atoms with Gasteiger partial charge in [0.1, 0.15) is 0 Å². The minimum Gasteiger partial charge on any atom is -0.452 e. The van der Waals surface area contributed by atoms with Crippen molar-refractivity contribution < 1.29 is 14.3 Å². The van der Waals surface area contributed by atoms with E-state index in [1.165, 1.54) is 16.9 Å². The zero-order valence-corrected chi connectivity index (χ0v) is 15.3. The zero-order chi connectivity index (χ0) is 18.5. The molecule has 2 aromatic carbocycles. The highest BCUT2D eigenvalue weighted by Gasteiger charge is 2.12. The van der Waals surface area contributed by atoms with Gasteiger partial charge in [-0.15, -0.1) is 11.3 Å². The average Bonchev–Trinajstić information content (AvgIpc) is 3.09. The summed E-state index contributed by atoms with van der Waals surface area (Å²) in [5.41, 5.74) is 4.42. The fourth-order valence-electron chi connectivity index (χ4n) is 2.25. The third-order valence-corrected chi connectivity index (χ3v) is 4.48. The first-order chi connectivity index (χ1) is 12.5. The van der Waals surface area contributed by atoms with E-state index in [0.29, 0.717) is 10.7 Å². The minimum atomic E-state index is -0.528. The lowest BCUT2D eigenvalue weighted by molar-refractivity contribution is -0.119. The van der Waals surface area contributed by atoms with Crippen molar-refractivity contribution in [2.75, 3.05) is 11.9 Å². The minimum absolute atomic E-state index is 0.355. The second kappa shape index (κ2) is 7.93. The summed E-state index contributed by atoms with van der Waals surface area (Å²) in [5, 5.41) is 4.99. The van der Waals surface area contributed by atoms with Crippen molar-refractivity contribution in [1.82, 2.24) is 4.98 Å². The SMILES string of the molecule is Cc1ccc(C(=O)OCC(=O)Nc2nc(-c3ccc(C)cc3)cs2)cc1. The number of aryl methyl sites for hydroxylation is 2. The summed E-state index contributed by atoms with van der Waals surface area (Å²) >= 11 is 1.33. The third kappa shape index (κ3) is 4.55. The molecule has 0 aliphatic rings. The van der Waals surface area contributed by atoms with E-state index in [4.69, 9.17) is 4.74 Å². The lowest BCUT2D eigenvalue weighted by Crippen LogP contribution is -2.20. The number of nitrogens with one attached hydrogen (secondary N) is 1. The quantitative estimate of drug-likeness (QED) is 0.687. The van der Waals surface area contributed by atoms with Gasteiger partial charge in [0.05, 0.1) is 11.3 Å². The van der Waals surface area contributed by atoms with Crippen LogP contribution >= 0.6 is 11.3 Å². The number of aromatic nitrogens is 1. The van der Waals surface area contributed by atoms with Gasteiger partial charge in [-0.05, 0) is 26.0 Å². The summed E-state index contributed by atoms with van der Waals surface area (Å²) in [7, 11) is 0. The van der Waals surface area contributed by atoms with Crippen molar-refractivity contribution in [3.63, 3.8) is 0 Å². The molecule has 1 heterocycles. The van der Waals surface area contributed by atoms with Crippen LogP contribution in [-0.4, -0.2) is 23.5 Å². The van der Waals surface area contributed by atoms with Gasteiger partial charge in [-0.3, -0.25) is 10.1 Å². The van der Waals surface area contributed by atoms with Crippen molar-refractivity contribution in [3.05, 3.63) is 70.6 Å². The molecule has 0 aliphatic heterocycles. The maximum atomic E-state index is 12.0. The van der Waals surface area contributed by atoms with Crippen molar-refractivity contribution in [2.45, 2.75) is 13.8 Å². The van der Waals surface area contributed by atoms with E-state index in [-0.39, 0.29) is 6.61 Å². The van der Waals surface area contributed by atoms with Crippen LogP contribution in [0.3, 0.4) is 0 Å². The fraction of sp³-hybridized carbons (Fsp3) is 0.150. The largest absolute Gasteiger partial charge is 0.452 e. The predicted molar refractivity (Wildman–Crippen MR) is 102 cm³/mol. The summed E-state index contributed by atoms with van der Waals surface area (Å²) in [5.74, 6) is -0.949. The highest BCUT2D eigenvalue weighted by atomic mass is 32.1. The second-order valence-corrected chi connectivity index (χ2v) is 6.75. The van der Waals surface area contributed by atoms with Crippen molar-refractivity contribution in [1.29, 1.82) is 0 Å². The number of nitrogens with zero attached hydrogens (tertiary/aromatic N) is 1. The van der Waals surface area contributed by atoms with Gasteiger partial charge >= 0.3 is 5.97 Å². The van der Waals surface area contributed by atoms with Crippen LogP contribution in [-0.2, 0) is 9.53 Å². The second-order valence-electron chi connectivity index (χ2n) is 5.89. The highest BCUT2D eigenvalue weighted by molar-refractivity contribution is 7.14. The highest BCUT2D eigenvalue weighted by Crippen LogP contribution is 2.25. The number of carbonyl (C=O) groups excluding carboxylic acids is 2. The van der Waals surface area contributed by atoms with Gasteiger partial charge in [0, 0.05) is 10.9 Å². The van der Waals surface area contributed by atoms with Crippen LogP contribution in [0.5, 0.6) is 0 Å². The summed E-state index contributed by atoms with van der Waals surface area (Å²) in [6.45, 7) is 3.60. The molecule has 26 heavy (non-hydrogen) atoms. The number of ether oxygens (including phenoxy) is 1. The normalized spacial score (nSPS) is 10.4. The van der Waals surface area contributed by atoms with Gasteiger partial charge in [0.2, 0.25) is 0 Å². The molecule has 6 heteroatoms. The van der Waals surface area contributed by atoms with Crippen LogP contribution in [0.1, 0.15) is 21.5 Å². The Morgan fingerprint density at radius 2 is 1.62 bits per heavy atom. The Labute approximate surface area is 155 Å². The Bertz CT molecular complexity index is 915. The first-order valence-electron chi connectivity index (χ1n) is 8.07. The fourth-order valence-corrected chi connectivity index (χ4v) is 2.98. The summed E-state index contributed by atoms with van der Waals surface area (Å²) < 4.78 is 5.03. The first-order valence-corrected chi connectivity index (χ1v) is 8.95. The van der Waals surface area contributed by atoms with Crippen LogP contribution in [0, 0.1) is 13.8 Å². The van der Waals surface area contributed by atoms with Crippen molar-refractivity contribution in [3.8, 4) is 11.3 Å². The maximum Gasteiger partial charge on any atom is 0.338 e. The molecule has 5 nitrogen and oxygen atoms in total. The molecular formula is C20H18N2O3S. The number of anilines is 1. The number of carbonyl (C=O) groups is 2. The monoisotopic (exact) mass is 366 g/mol. The number of benzene rings is 2. The van der Waals surface area contributed by atoms with Crippen molar-refractivity contribution >= 4 is 28.3 Å². The molecule has 0 fully saturated rings. The molecule has 0 bridgehead atoms. The number of esters is 1. The Balaban J connectivity index is 1.54. The molecule has 0 aliphatic carbocycles. The lowest BCUT2D eigenvalue weighted by Gasteiger charge is -2.05. The van der Waals surface area contributed by atoms with Gasteiger partial charge in [-0.25, -0.2) is 9.78 Å². The zero-order valence-electron chi connectivity index (χ0n) is 14.5. The Kier molecular flexibility index (Phi) is 5.43. The molecule has 1 aromatic heterocycles. The van der Waals surface area contributed by atoms with E-state index >= 15 is 0 Å². The first kappa shape index (κ1) is 17.8. The van der Waals surface area contributed by atoms with Crippen LogP contribution in [0.25, 0.3) is 11.3 Å². The van der Waals surface area contributed by atoms with E-state index in [9.17, 15) is 9.59 Å². The number of thiazole rings is 1. The topological polar surface area (TPSA) is 68.3 Å². The van der Waals surface area contributed by atoms with Crippen molar-refractivity contribution in [2.24, 2.45) is 0 Å². The van der Waals surface area contributed by atoms with Gasteiger partial charge in [-0.2, -0.15) is 0 Å². The van der Waals surface area contributed by atoms with E-state index < -0.39 is 11.9 Å². The van der Waals surface area contributed by atoms with Crippen LogP contribution in [0.4, 0.5) is 5.13 Å². The summed E-state index contributed by atoms with van der Waals surface area (Å²) in [6.07, 6.45) is 0. The molecule has 1 amide bonds. The Hall–Kier alpha value is -2.99. The number of amides is 1. The van der Waals surface area contributed by atoms with Crippen LogP contribution in [0.15, 0.2) is 53.9 Å². The van der Waals surface area contributed by atoms with Gasteiger partial charge in [-0.1, -0.05) is 47.5 Å². The number of hydrogen-bond donors (Lipinski definition) is 1. The molecule has 0 radical (unpaired) electrons. The average molecular weight is 366 g/mol. The Morgan fingerprint density at radius 1 is 1.00 bits per heavy atom. The Morgan fingerprint density at radius 3 is 2.27 bits per heavy atom. The molecule has 132 valence electrons. The summed E-state index contributed by atoms with van der Waals surface area (Å²) in [4.78, 5) is 28.3.